The zero-order valence-corrected chi connectivity index (χ0v) is 14.1. The van der Waals surface area contributed by atoms with Crippen molar-refractivity contribution < 1.29 is 19.1 Å². The van der Waals surface area contributed by atoms with Crippen molar-refractivity contribution in [3.05, 3.63) is 40.5 Å². The number of rotatable bonds is 5. The number of aromatic nitrogens is 2. The molecule has 0 aliphatic heterocycles. The molecule has 126 valence electrons. The number of amides is 2. The molecule has 2 rings (SSSR count). The van der Waals surface area contributed by atoms with E-state index in [2.05, 4.69) is 21.3 Å². The van der Waals surface area contributed by atoms with Gasteiger partial charge in [0.2, 0.25) is 5.88 Å². The van der Waals surface area contributed by atoms with Crippen molar-refractivity contribution in [1.29, 1.82) is 0 Å². The van der Waals surface area contributed by atoms with Crippen molar-refractivity contribution >= 4 is 46.2 Å². The molecule has 0 bridgehead atoms. The summed E-state index contributed by atoms with van der Waals surface area (Å²) < 4.78 is 10.0. The second-order valence-corrected chi connectivity index (χ2v) is 5.22. The van der Waals surface area contributed by atoms with Crippen molar-refractivity contribution in [3.63, 3.8) is 0 Å². The molecular weight excluding hydrogens is 357 g/mol. The van der Waals surface area contributed by atoms with E-state index < -0.39 is 12.0 Å². The van der Waals surface area contributed by atoms with E-state index >= 15 is 0 Å². The maximum atomic E-state index is 12.2. The minimum atomic E-state index is -0.895. The molecule has 2 aromatic rings. The summed E-state index contributed by atoms with van der Waals surface area (Å²) in [5.41, 5.74) is 0.524. The van der Waals surface area contributed by atoms with Crippen LogP contribution in [-0.4, -0.2) is 35.2 Å². The molecule has 0 saturated carbocycles. The largest absolute Gasteiger partial charge is 0.472 e. The standard InChI is InChI=1S/C15H13Cl2N3O4/c1-3-5-24-14-12(13(21)20-15(22)23-4-2)18-10-6-8(16)9(17)7-11(10)19-14/h3,6-7H,1,4-5H2,2H3,(H,20,21,22). The molecular formula is C15H13Cl2N3O4. The van der Waals surface area contributed by atoms with Crippen molar-refractivity contribution in [2.45, 2.75) is 6.92 Å². The third kappa shape index (κ3) is 4.12. The highest BCUT2D eigenvalue weighted by Gasteiger charge is 2.21. The molecule has 0 aliphatic carbocycles. The fraction of sp³-hybridized carbons (Fsp3) is 0.200. The maximum Gasteiger partial charge on any atom is 0.414 e. The van der Waals surface area contributed by atoms with Crippen LogP contribution in [0, 0.1) is 0 Å². The molecule has 0 radical (unpaired) electrons. The van der Waals surface area contributed by atoms with E-state index in [4.69, 9.17) is 27.9 Å². The minimum Gasteiger partial charge on any atom is -0.472 e. The normalized spacial score (nSPS) is 10.3. The van der Waals surface area contributed by atoms with Crippen LogP contribution in [0.3, 0.4) is 0 Å². The predicted molar refractivity (Wildman–Crippen MR) is 89.7 cm³/mol. The molecule has 7 nitrogen and oxygen atoms in total. The lowest BCUT2D eigenvalue weighted by Gasteiger charge is -2.10. The van der Waals surface area contributed by atoms with Crippen LogP contribution in [-0.2, 0) is 4.74 Å². The Morgan fingerprint density at radius 3 is 2.46 bits per heavy atom. The number of nitrogens with one attached hydrogen (secondary N) is 1. The lowest BCUT2D eigenvalue weighted by Crippen LogP contribution is -2.32. The molecule has 0 fully saturated rings. The minimum absolute atomic E-state index is 0.0670. The van der Waals surface area contributed by atoms with Crippen LogP contribution in [0.25, 0.3) is 11.0 Å². The average Bonchev–Trinajstić information content (AvgIpc) is 2.53. The van der Waals surface area contributed by atoms with Gasteiger partial charge in [0, 0.05) is 0 Å². The lowest BCUT2D eigenvalue weighted by molar-refractivity contribution is 0.0916. The third-order valence-corrected chi connectivity index (χ3v) is 3.44. The Bertz CT molecular complexity index is 811. The number of ether oxygens (including phenoxy) is 2. The van der Waals surface area contributed by atoms with E-state index in [1.54, 1.807) is 6.92 Å². The van der Waals surface area contributed by atoms with Crippen LogP contribution >= 0.6 is 23.2 Å². The topological polar surface area (TPSA) is 90.4 Å². The summed E-state index contributed by atoms with van der Waals surface area (Å²) >= 11 is 11.9. The van der Waals surface area contributed by atoms with Gasteiger partial charge < -0.3 is 9.47 Å². The number of alkyl carbamates (subject to hydrolysis) is 1. The Labute approximate surface area is 147 Å². The summed E-state index contributed by atoms with van der Waals surface area (Å²) in [6, 6.07) is 2.96. The summed E-state index contributed by atoms with van der Waals surface area (Å²) in [4.78, 5) is 32.0. The smallest absolute Gasteiger partial charge is 0.414 e. The molecule has 0 aliphatic rings. The van der Waals surface area contributed by atoms with Crippen molar-refractivity contribution in [1.82, 2.24) is 15.3 Å². The molecule has 1 aromatic carbocycles. The first-order valence-corrected chi connectivity index (χ1v) is 7.60. The lowest BCUT2D eigenvalue weighted by atomic mass is 10.2. The first-order chi connectivity index (χ1) is 11.5. The monoisotopic (exact) mass is 369 g/mol. The summed E-state index contributed by atoms with van der Waals surface area (Å²) in [6.45, 7) is 5.36. The molecule has 1 N–H and O–H groups in total. The van der Waals surface area contributed by atoms with E-state index in [1.807, 2.05) is 5.32 Å². The van der Waals surface area contributed by atoms with E-state index in [0.29, 0.717) is 11.0 Å². The second-order valence-electron chi connectivity index (χ2n) is 4.41. The van der Waals surface area contributed by atoms with Gasteiger partial charge in [-0.25, -0.2) is 14.8 Å². The maximum absolute atomic E-state index is 12.2. The molecule has 24 heavy (non-hydrogen) atoms. The molecule has 0 unspecified atom stereocenters. The van der Waals surface area contributed by atoms with Crippen LogP contribution in [0.1, 0.15) is 17.4 Å². The van der Waals surface area contributed by atoms with Gasteiger partial charge in [0.1, 0.15) is 6.61 Å². The summed E-state index contributed by atoms with van der Waals surface area (Å²) in [7, 11) is 0. The first kappa shape index (κ1) is 18.0. The van der Waals surface area contributed by atoms with Gasteiger partial charge in [0.05, 0.1) is 27.7 Å². The van der Waals surface area contributed by atoms with Crippen LogP contribution in [0.2, 0.25) is 10.0 Å². The first-order valence-electron chi connectivity index (χ1n) is 6.84. The summed E-state index contributed by atoms with van der Waals surface area (Å²) in [5.74, 6) is -0.879. The number of imide groups is 1. The van der Waals surface area contributed by atoms with E-state index in [1.165, 1.54) is 18.2 Å². The van der Waals surface area contributed by atoms with Crippen LogP contribution in [0.4, 0.5) is 4.79 Å². The highest BCUT2D eigenvalue weighted by atomic mass is 35.5. The molecule has 0 atom stereocenters. The molecule has 2 amide bonds. The quantitative estimate of drug-likeness (QED) is 0.812. The third-order valence-electron chi connectivity index (χ3n) is 2.72. The van der Waals surface area contributed by atoms with Gasteiger partial charge in [-0.05, 0) is 19.1 Å². The highest BCUT2D eigenvalue weighted by Crippen LogP contribution is 2.28. The average molecular weight is 370 g/mol. The fourth-order valence-corrected chi connectivity index (χ4v) is 2.06. The Hall–Kier alpha value is -2.38. The van der Waals surface area contributed by atoms with E-state index in [0.717, 1.165) is 0 Å². The predicted octanol–water partition coefficient (Wildman–Crippen LogP) is 3.39. The van der Waals surface area contributed by atoms with Gasteiger partial charge in [-0.3, -0.25) is 10.1 Å². The summed E-state index contributed by atoms with van der Waals surface area (Å²) in [5, 5.41) is 2.59. The van der Waals surface area contributed by atoms with Crippen LogP contribution < -0.4 is 10.1 Å². The number of carbonyl (C=O) groups is 2. The Morgan fingerprint density at radius 2 is 1.88 bits per heavy atom. The molecule has 0 spiro atoms. The van der Waals surface area contributed by atoms with Crippen molar-refractivity contribution in [2.24, 2.45) is 0 Å². The number of fused-ring (bicyclic) bond motifs is 1. The molecule has 1 aromatic heterocycles. The number of halogens is 2. The zero-order valence-electron chi connectivity index (χ0n) is 12.6. The van der Waals surface area contributed by atoms with Crippen molar-refractivity contribution in [2.75, 3.05) is 13.2 Å². The second kappa shape index (κ2) is 7.94. The number of benzene rings is 1. The van der Waals surface area contributed by atoms with E-state index in [9.17, 15) is 9.59 Å². The highest BCUT2D eigenvalue weighted by molar-refractivity contribution is 6.42. The van der Waals surface area contributed by atoms with Crippen molar-refractivity contribution in [3.8, 4) is 5.88 Å². The van der Waals surface area contributed by atoms with Gasteiger partial charge in [-0.2, -0.15) is 0 Å². The number of carbonyl (C=O) groups excluding carboxylic acids is 2. The number of nitrogens with zero attached hydrogens (tertiary/aromatic N) is 2. The molecule has 0 saturated heterocycles. The summed E-state index contributed by atoms with van der Waals surface area (Å²) in [6.07, 6.45) is 0.585. The van der Waals surface area contributed by atoms with Crippen LogP contribution in [0.5, 0.6) is 5.88 Å². The van der Waals surface area contributed by atoms with Crippen LogP contribution in [0.15, 0.2) is 24.8 Å². The van der Waals surface area contributed by atoms with Gasteiger partial charge in [-0.15, -0.1) is 0 Å². The Kier molecular flexibility index (Phi) is 5.94. The van der Waals surface area contributed by atoms with Gasteiger partial charge in [0.15, 0.2) is 5.69 Å². The fourth-order valence-electron chi connectivity index (χ4n) is 1.74. The van der Waals surface area contributed by atoms with Gasteiger partial charge in [-0.1, -0.05) is 35.9 Å². The number of hydrogen-bond acceptors (Lipinski definition) is 6. The number of hydrogen-bond donors (Lipinski definition) is 1. The Morgan fingerprint density at radius 1 is 1.25 bits per heavy atom. The van der Waals surface area contributed by atoms with Gasteiger partial charge in [0.25, 0.3) is 5.91 Å². The van der Waals surface area contributed by atoms with Gasteiger partial charge >= 0.3 is 6.09 Å². The SMILES string of the molecule is C=CCOc1nc2cc(Cl)c(Cl)cc2nc1C(=O)NC(=O)OCC. The molecule has 1 heterocycles. The Balaban J connectivity index is 2.47. The van der Waals surface area contributed by atoms with E-state index in [-0.39, 0.29) is 34.8 Å². The zero-order chi connectivity index (χ0) is 17.7. The molecule has 9 heteroatoms.